The average Bonchev–Trinajstić information content (AvgIpc) is 2.99. The van der Waals surface area contributed by atoms with E-state index in [0.717, 1.165) is 59.8 Å². The lowest BCUT2D eigenvalue weighted by Gasteiger charge is -2.21. The fraction of sp³-hybridized carbons (Fsp3) is 0.480. The zero-order valence-electron chi connectivity index (χ0n) is 19.2. The molecule has 5 nitrogen and oxygen atoms in total. The third-order valence-electron chi connectivity index (χ3n) is 6.17. The summed E-state index contributed by atoms with van der Waals surface area (Å²) in [5.41, 5.74) is 5.66. The Labute approximate surface area is 181 Å². The molecule has 30 heavy (non-hydrogen) atoms. The van der Waals surface area contributed by atoms with Gasteiger partial charge in [0, 0.05) is 60.8 Å². The van der Waals surface area contributed by atoms with Crippen LogP contribution in [0.15, 0.2) is 36.4 Å². The summed E-state index contributed by atoms with van der Waals surface area (Å²) in [5, 5.41) is 6.91. The lowest BCUT2D eigenvalue weighted by atomic mass is 10.0. The monoisotopic (exact) mass is 408 g/mol. The summed E-state index contributed by atoms with van der Waals surface area (Å²) in [4.78, 5) is 17.7. The molecule has 0 atom stereocenters. The summed E-state index contributed by atoms with van der Waals surface area (Å²) in [6, 6.07) is 13.3. The maximum Gasteiger partial charge on any atom is 0.194 e. The second-order valence-corrected chi connectivity index (χ2v) is 8.85. The van der Waals surface area contributed by atoms with Gasteiger partial charge in [-0.25, -0.2) is 0 Å². The quantitative estimate of drug-likeness (QED) is 0.521. The minimum atomic E-state index is 0.117. The van der Waals surface area contributed by atoms with Crippen LogP contribution in [0.3, 0.4) is 0 Å². The van der Waals surface area contributed by atoms with Crippen molar-refractivity contribution in [2.75, 3.05) is 50.9 Å². The summed E-state index contributed by atoms with van der Waals surface area (Å²) >= 11 is 0. The van der Waals surface area contributed by atoms with Gasteiger partial charge in [-0.1, -0.05) is 12.1 Å². The number of hydrogen-bond acceptors (Lipinski definition) is 5. The van der Waals surface area contributed by atoms with Crippen LogP contribution in [0.25, 0.3) is 11.1 Å². The number of carbonyl (C=O) groups excluding carboxylic acids is 1. The Morgan fingerprint density at radius 3 is 1.47 bits per heavy atom. The zero-order valence-corrected chi connectivity index (χ0v) is 19.2. The lowest BCUT2D eigenvalue weighted by molar-refractivity contribution is 0.104. The molecule has 0 aromatic heterocycles. The van der Waals surface area contributed by atoms with Crippen LogP contribution in [0, 0.1) is 0 Å². The van der Waals surface area contributed by atoms with Crippen LogP contribution in [0.4, 0.5) is 11.4 Å². The van der Waals surface area contributed by atoms with E-state index in [2.05, 4.69) is 86.5 Å². The van der Waals surface area contributed by atoms with Crippen LogP contribution in [-0.4, -0.2) is 67.9 Å². The van der Waals surface area contributed by atoms with Gasteiger partial charge in [-0.2, -0.15) is 0 Å². The maximum atomic E-state index is 13.1. The van der Waals surface area contributed by atoms with Crippen molar-refractivity contribution in [2.45, 2.75) is 39.8 Å². The Morgan fingerprint density at radius 2 is 1.10 bits per heavy atom. The molecule has 0 aliphatic heterocycles. The lowest BCUT2D eigenvalue weighted by Crippen LogP contribution is -2.31. The summed E-state index contributed by atoms with van der Waals surface area (Å²) < 4.78 is 0. The van der Waals surface area contributed by atoms with Crippen molar-refractivity contribution in [3.8, 4) is 11.1 Å². The predicted molar refractivity (Wildman–Crippen MR) is 128 cm³/mol. The molecule has 3 rings (SSSR count). The van der Waals surface area contributed by atoms with Crippen LogP contribution in [0.1, 0.15) is 43.6 Å². The second kappa shape index (κ2) is 9.63. The number of ketones is 1. The fourth-order valence-corrected chi connectivity index (χ4v) is 3.57. The number of likely N-dealkylation sites (N-methyl/N-ethyl adjacent to an activating group) is 2. The van der Waals surface area contributed by atoms with E-state index < -0.39 is 0 Å². The van der Waals surface area contributed by atoms with Crippen LogP contribution >= 0.6 is 0 Å². The molecule has 0 radical (unpaired) electrons. The molecule has 0 heterocycles. The van der Waals surface area contributed by atoms with Crippen molar-refractivity contribution in [1.29, 1.82) is 0 Å². The van der Waals surface area contributed by atoms with Gasteiger partial charge in [0.1, 0.15) is 0 Å². The Morgan fingerprint density at radius 1 is 0.700 bits per heavy atom. The number of anilines is 2. The number of fused-ring (bicyclic) bond motifs is 3. The standard InChI is InChI=1S/C25H36N4O/c1-17(2)28(5)13-11-26-19-7-9-21-22-10-8-20(27-12-14-29(6)18(3)4)16-24(22)25(30)23(21)15-19/h7-10,15-18,26-27H,11-14H2,1-6H3. The summed E-state index contributed by atoms with van der Waals surface area (Å²) in [6.07, 6.45) is 0. The topological polar surface area (TPSA) is 47.6 Å². The van der Waals surface area contributed by atoms with E-state index in [0.29, 0.717) is 12.1 Å². The normalized spacial score (nSPS) is 12.8. The second-order valence-electron chi connectivity index (χ2n) is 8.85. The van der Waals surface area contributed by atoms with Gasteiger partial charge < -0.3 is 20.4 Å². The first-order valence-electron chi connectivity index (χ1n) is 11.0. The van der Waals surface area contributed by atoms with Crippen molar-refractivity contribution in [3.05, 3.63) is 47.5 Å². The largest absolute Gasteiger partial charge is 0.384 e. The molecule has 0 saturated carbocycles. The highest BCUT2D eigenvalue weighted by Gasteiger charge is 2.27. The molecule has 162 valence electrons. The molecule has 2 aromatic rings. The maximum absolute atomic E-state index is 13.1. The molecule has 1 aliphatic carbocycles. The van der Waals surface area contributed by atoms with Gasteiger partial charge in [-0.15, -0.1) is 0 Å². The van der Waals surface area contributed by atoms with Crippen LogP contribution in [0.5, 0.6) is 0 Å². The highest BCUT2D eigenvalue weighted by atomic mass is 16.1. The van der Waals surface area contributed by atoms with E-state index in [-0.39, 0.29) is 5.78 Å². The molecule has 0 amide bonds. The van der Waals surface area contributed by atoms with Crippen molar-refractivity contribution in [1.82, 2.24) is 9.80 Å². The third-order valence-corrected chi connectivity index (χ3v) is 6.17. The SMILES string of the molecule is CC(C)N(C)CCNc1ccc2c(c1)C(=O)c1cc(NCCN(C)C(C)C)ccc1-2. The predicted octanol–water partition coefficient (Wildman–Crippen LogP) is 4.40. The first-order valence-corrected chi connectivity index (χ1v) is 11.0. The van der Waals surface area contributed by atoms with Gasteiger partial charge in [0.25, 0.3) is 0 Å². The Balaban J connectivity index is 1.66. The number of hydrogen-bond donors (Lipinski definition) is 2. The van der Waals surface area contributed by atoms with E-state index in [4.69, 9.17) is 0 Å². The number of benzene rings is 2. The first-order chi connectivity index (χ1) is 14.3. The molecule has 0 bridgehead atoms. The number of rotatable bonds is 10. The number of carbonyl (C=O) groups is 1. The molecule has 5 heteroatoms. The Hall–Kier alpha value is -2.37. The third kappa shape index (κ3) is 5.02. The van der Waals surface area contributed by atoms with Gasteiger partial charge in [0.15, 0.2) is 5.78 Å². The van der Waals surface area contributed by atoms with Gasteiger partial charge in [-0.05, 0) is 77.2 Å². The van der Waals surface area contributed by atoms with Crippen molar-refractivity contribution in [3.63, 3.8) is 0 Å². The molecule has 0 spiro atoms. The van der Waals surface area contributed by atoms with E-state index in [1.54, 1.807) is 0 Å². The van der Waals surface area contributed by atoms with Gasteiger partial charge in [0.2, 0.25) is 0 Å². The number of nitrogens with one attached hydrogen (secondary N) is 2. The Bertz CT molecular complexity index is 819. The molecule has 2 aromatic carbocycles. The van der Waals surface area contributed by atoms with Crippen molar-refractivity contribution >= 4 is 17.2 Å². The van der Waals surface area contributed by atoms with Gasteiger partial charge in [-0.3, -0.25) is 4.79 Å². The summed E-state index contributed by atoms with van der Waals surface area (Å²) in [7, 11) is 4.25. The minimum absolute atomic E-state index is 0.117. The fourth-order valence-electron chi connectivity index (χ4n) is 3.57. The van der Waals surface area contributed by atoms with Crippen LogP contribution in [0.2, 0.25) is 0 Å². The van der Waals surface area contributed by atoms with Crippen LogP contribution in [-0.2, 0) is 0 Å². The van der Waals surface area contributed by atoms with Gasteiger partial charge in [0.05, 0.1) is 0 Å². The van der Waals surface area contributed by atoms with Crippen molar-refractivity contribution in [2.24, 2.45) is 0 Å². The molecule has 0 saturated heterocycles. The van der Waals surface area contributed by atoms with E-state index in [1.807, 2.05) is 12.1 Å². The molecule has 0 fully saturated rings. The molecular weight excluding hydrogens is 372 g/mol. The van der Waals surface area contributed by atoms with Gasteiger partial charge >= 0.3 is 0 Å². The molecule has 2 N–H and O–H groups in total. The first kappa shape index (κ1) is 22.3. The van der Waals surface area contributed by atoms with E-state index in [9.17, 15) is 4.79 Å². The van der Waals surface area contributed by atoms with Crippen LogP contribution < -0.4 is 10.6 Å². The average molecular weight is 409 g/mol. The summed E-state index contributed by atoms with van der Waals surface area (Å²) in [5.74, 6) is 0.117. The minimum Gasteiger partial charge on any atom is -0.384 e. The molecule has 0 unspecified atom stereocenters. The summed E-state index contributed by atoms with van der Waals surface area (Å²) in [6.45, 7) is 12.4. The highest BCUT2D eigenvalue weighted by Crippen LogP contribution is 2.39. The van der Waals surface area contributed by atoms with E-state index >= 15 is 0 Å². The van der Waals surface area contributed by atoms with Crippen molar-refractivity contribution < 1.29 is 4.79 Å². The zero-order chi connectivity index (χ0) is 21.8. The molecule has 1 aliphatic rings. The smallest absolute Gasteiger partial charge is 0.194 e. The number of nitrogens with zero attached hydrogens (tertiary/aromatic N) is 2. The Kier molecular flexibility index (Phi) is 7.16. The molecular formula is C25H36N4O. The van der Waals surface area contributed by atoms with E-state index in [1.165, 1.54) is 0 Å². The highest BCUT2D eigenvalue weighted by molar-refractivity contribution is 6.22.